The van der Waals surface area contributed by atoms with Crippen LogP contribution in [0.4, 0.5) is 5.69 Å². The van der Waals surface area contributed by atoms with Crippen molar-refractivity contribution in [2.45, 2.75) is 57.2 Å². The van der Waals surface area contributed by atoms with Gasteiger partial charge in [0, 0.05) is 30.5 Å². The van der Waals surface area contributed by atoms with Crippen LogP contribution in [0.15, 0.2) is 54.7 Å². The minimum atomic E-state index is -1.07. The molecule has 0 radical (unpaired) electrons. The third kappa shape index (κ3) is 5.66. The fourth-order valence-corrected chi connectivity index (χ4v) is 5.41. The molecular weight excluding hydrogens is 512 g/mol. The van der Waals surface area contributed by atoms with Gasteiger partial charge < -0.3 is 19.5 Å². The molecule has 0 unspecified atom stereocenters. The molecule has 0 bridgehead atoms. The highest BCUT2D eigenvalue weighted by atomic mass is 16.6. The number of methoxy groups -OCH3 is 1. The molecule has 10 heteroatoms. The lowest BCUT2D eigenvalue weighted by Gasteiger charge is -2.36. The average Bonchev–Trinajstić information content (AvgIpc) is 3.31. The lowest BCUT2D eigenvalue weighted by atomic mass is 9.94. The highest BCUT2D eigenvalue weighted by molar-refractivity contribution is 6.04. The van der Waals surface area contributed by atoms with Crippen LogP contribution in [0, 0.1) is 6.92 Å². The minimum absolute atomic E-state index is 0.0141. The molecule has 1 N–H and O–H groups in total. The van der Waals surface area contributed by atoms with Crippen LogP contribution in [0.1, 0.15) is 59.8 Å². The Balaban J connectivity index is 1.59. The molecule has 5 rings (SSSR count). The van der Waals surface area contributed by atoms with Gasteiger partial charge in [0.1, 0.15) is 12.6 Å². The summed E-state index contributed by atoms with van der Waals surface area (Å²) < 4.78 is 18.5. The van der Waals surface area contributed by atoms with Crippen LogP contribution in [0.2, 0.25) is 0 Å². The van der Waals surface area contributed by atoms with E-state index in [-0.39, 0.29) is 24.1 Å². The molecule has 210 valence electrons. The summed E-state index contributed by atoms with van der Waals surface area (Å²) in [6, 6.07) is 12.6. The summed E-state index contributed by atoms with van der Waals surface area (Å²) >= 11 is 0. The van der Waals surface area contributed by atoms with E-state index in [2.05, 4.69) is 10.4 Å². The van der Waals surface area contributed by atoms with Crippen LogP contribution < -0.4 is 19.7 Å². The molecule has 1 fully saturated rings. The van der Waals surface area contributed by atoms with Crippen molar-refractivity contribution < 1.29 is 28.6 Å². The Morgan fingerprint density at radius 2 is 1.82 bits per heavy atom. The second kappa shape index (κ2) is 11.8. The van der Waals surface area contributed by atoms with Gasteiger partial charge in [0.25, 0.3) is 5.91 Å². The summed E-state index contributed by atoms with van der Waals surface area (Å²) in [4.78, 5) is 42.4. The first kappa shape index (κ1) is 27.2. The summed E-state index contributed by atoms with van der Waals surface area (Å²) in [6.45, 7) is 1.77. The number of rotatable bonds is 7. The van der Waals surface area contributed by atoms with Crippen molar-refractivity contribution >= 4 is 23.5 Å². The number of benzene rings is 2. The number of ether oxygens (including phenoxy) is 3. The maximum Gasteiger partial charge on any atom is 0.337 e. The van der Waals surface area contributed by atoms with E-state index in [0.29, 0.717) is 28.4 Å². The van der Waals surface area contributed by atoms with Crippen LogP contribution in [0.5, 0.6) is 11.5 Å². The Bertz CT molecular complexity index is 1400. The van der Waals surface area contributed by atoms with Crippen molar-refractivity contribution in [3.05, 3.63) is 71.5 Å². The molecule has 3 aromatic rings. The van der Waals surface area contributed by atoms with Crippen LogP contribution in [-0.4, -0.2) is 53.4 Å². The SMILES string of the molecule is COC(=O)c1cccc(N(C(=O)[C@@H]2COc3ccccc3O2)[C@@H](C(=O)NC2CCCCC2)c2cn(C)nc2C)c1. The average molecular weight is 547 g/mol. The first-order valence-corrected chi connectivity index (χ1v) is 13.6. The van der Waals surface area contributed by atoms with Gasteiger partial charge in [0.05, 0.1) is 18.4 Å². The number of nitrogens with one attached hydrogen (secondary N) is 1. The molecular formula is C30H34N4O6. The van der Waals surface area contributed by atoms with E-state index in [1.54, 1.807) is 67.3 Å². The number of carbonyl (C=O) groups is 3. The van der Waals surface area contributed by atoms with Gasteiger partial charge in [-0.05, 0) is 50.1 Å². The van der Waals surface area contributed by atoms with Crippen molar-refractivity contribution in [3.8, 4) is 11.5 Å². The molecule has 40 heavy (non-hydrogen) atoms. The smallest absolute Gasteiger partial charge is 0.337 e. The maximum absolute atomic E-state index is 14.4. The summed E-state index contributed by atoms with van der Waals surface area (Å²) in [6.07, 6.45) is 5.70. The number of anilines is 1. The second-order valence-corrected chi connectivity index (χ2v) is 10.2. The number of fused-ring (bicyclic) bond motifs is 1. The minimum Gasteiger partial charge on any atom is -0.485 e. The molecule has 1 aliphatic carbocycles. The van der Waals surface area contributed by atoms with E-state index >= 15 is 0 Å². The van der Waals surface area contributed by atoms with Gasteiger partial charge in [0.15, 0.2) is 11.5 Å². The highest BCUT2D eigenvalue weighted by Crippen LogP contribution is 2.35. The number of hydrogen-bond donors (Lipinski definition) is 1. The number of hydrogen-bond acceptors (Lipinski definition) is 7. The number of carbonyl (C=O) groups excluding carboxylic acids is 3. The largest absolute Gasteiger partial charge is 0.485 e. The zero-order chi connectivity index (χ0) is 28.2. The van der Waals surface area contributed by atoms with Gasteiger partial charge in [-0.1, -0.05) is 37.5 Å². The van der Waals surface area contributed by atoms with Gasteiger partial charge in [0.2, 0.25) is 12.0 Å². The predicted octanol–water partition coefficient (Wildman–Crippen LogP) is 3.88. The standard InChI is InChI=1S/C30H34N4O6/c1-19-23(17-33(2)32-19)27(28(35)31-21-11-5-4-6-12-21)34(22-13-9-10-20(16-22)30(37)38-3)29(36)26-18-39-24-14-7-8-15-25(24)40-26/h7-10,13-17,21,26-27H,4-6,11-12,18H2,1-3H3,(H,31,35)/t26-,27+/m0/s1. The second-order valence-electron chi connectivity index (χ2n) is 10.2. The van der Waals surface area contributed by atoms with E-state index < -0.39 is 24.0 Å². The lowest BCUT2D eigenvalue weighted by molar-refractivity contribution is -0.132. The van der Waals surface area contributed by atoms with Gasteiger partial charge >= 0.3 is 5.97 Å². The number of nitrogens with zero attached hydrogens (tertiary/aromatic N) is 3. The third-order valence-corrected chi connectivity index (χ3v) is 7.37. The number of esters is 1. The monoisotopic (exact) mass is 546 g/mol. The fourth-order valence-electron chi connectivity index (χ4n) is 5.41. The van der Waals surface area contributed by atoms with E-state index in [1.807, 2.05) is 6.07 Å². The molecule has 1 aromatic heterocycles. The molecule has 0 spiro atoms. The number of aromatic nitrogens is 2. The van der Waals surface area contributed by atoms with Gasteiger partial charge in [-0.2, -0.15) is 5.10 Å². The normalized spacial score (nSPS) is 17.5. The van der Waals surface area contributed by atoms with Crippen LogP contribution in [0.3, 0.4) is 0 Å². The Morgan fingerprint density at radius 1 is 1.07 bits per heavy atom. The molecule has 10 nitrogen and oxygen atoms in total. The van der Waals surface area contributed by atoms with Gasteiger partial charge in [-0.3, -0.25) is 19.2 Å². The molecule has 0 saturated heterocycles. The Morgan fingerprint density at radius 3 is 2.52 bits per heavy atom. The van der Waals surface area contributed by atoms with Crippen molar-refractivity contribution in [2.24, 2.45) is 7.05 Å². The number of amides is 2. The zero-order valence-electron chi connectivity index (χ0n) is 23.0. The lowest BCUT2D eigenvalue weighted by Crippen LogP contribution is -2.52. The van der Waals surface area contributed by atoms with E-state index in [1.165, 1.54) is 12.0 Å². The topological polar surface area (TPSA) is 112 Å². The van der Waals surface area contributed by atoms with Crippen molar-refractivity contribution in [1.82, 2.24) is 15.1 Å². The quantitative estimate of drug-likeness (QED) is 0.448. The van der Waals surface area contributed by atoms with Crippen molar-refractivity contribution in [3.63, 3.8) is 0 Å². The number of para-hydroxylation sites is 2. The molecule has 1 saturated carbocycles. The van der Waals surface area contributed by atoms with E-state index in [0.717, 1.165) is 32.1 Å². The Kier molecular flexibility index (Phi) is 8.04. The van der Waals surface area contributed by atoms with Crippen molar-refractivity contribution in [2.75, 3.05) is 18.6 Å². The van der Waals surface area contributed by atoms with Crippen molar-refractivity contribution in [1.29, 1.82) is 0 Å². The molecule has 2 amide bonds. The van der Waals surface area contributed by atoms with Gasteiger partial charge in [-0.15, -0.1) is 0 Å². The first-order chi connectivity index (χ1) is 19.4. The first-order valence-electron chi connectivity index (χ1n) is 13.6. The maximum atomic E-state index is 14.4. The summed E-state index contributed by atoms with van der Waals surface area (Å²) in [5.74, 6) is -0.377. The predicted molar refractivity (Wildman–Crippen MR) is 147 cm³/mol. The summed E-state index contributed by atoms with van der Waals surface area (Å²) in [7, 11) is 3.06. The molecule has 2 heterocycles. The van der Waals surface area contributed by atoms with Crippen LogP contribution >= 0.6 is 0 Å². The zero-order valence-corrected chi connectivity index (χ0v) is 23.0. The fraction of sp³-hybridized carbons (Fsp3) is 0.400. The van der Waals surface area contributed by atoms with E-state index in [9.17, 15) is 14.4 Å². The summed E-state index contributed by atoms with van der Waals surface area (Å²) in [5, 5.41) is 7.66. The third-order valence-electron chi connectivity index (χ3n) is 7.37. The van der Waals surface area contributed by atoms with E-state index in [4.69, 9.17) is 14.2 Å². The van der Waals surface area contributed by atoms with Gasteiger partial charge in [-0.25, -0.2) is 4.79 Å². The van der Waals surface area contributed by atoms with Crippen LogP contribution in [0.25, 0.3) is 0 Å². The molecule has 2 aromatic carbocycles. The summed E-state index contributed by atoms with van der Waals surface area (Å²) in [5.41, 5.74) is 1.78. The highest BCUT2D eigenvalue weighted by Gasteiger charge is 2.41. The molecule has 1 aliphatic heterocycles. The molecule has 2 aliphatic rings. The Hall–Kier alpha value is -4.34. The Labute approximate surface area is 233 Å². The number of aryl methyl sites for hydroxylation is 2. The molecule has 2 atom stereocenters. The van der Waals surface area contributed by atoms with Crippen LogP contribution in [-0.2, 0) is 21.4 Å².